The molecule has 0 saturated carbocycles. The average Bonchev–Trinajstić information content (AvgIpc) is 2.97. The Hall–Kier alpha value is -1.63. The summed E-state index contributed by atoms with van der Waals surface area (Å²) in [4.78, 5) is 37.9. The second-order valence-electron chi connectivity index (χ2n) is 9.01. The highest BCUT2D eigenvalue weighted by atomic mass is 32.1. The van der Waals surface area contributed by atoms with E-state index in [2.05, 4.69) is 9.80 Å². The van der Waals surface area contributed by atoms with Crippen molar-refractivity contribution in [2.45, 2.75) is 58.8 Å². The first-order valence-electron chi connectivity index (χ1n) is 11.3. The van der Waals surface area contributed by atoms with Gasteiger partial charge in [0.1, 0.15) is 0 Å². The largest absolute Gasteiger partial charge is 0.345 e. The summed E-state index contributed by atoms with van der Waals surface area (Å²) >= 11 is 1.77. The molecule has 0 bridgehead atoms. The molecule has 160 valence electrons. The van der Waals surface area contributed by atoms with Gasteiger partial charge < -0.3 is 14.7 Å². The molecule has 1 aromatic rings. The van der Waals surface area contributed by atoms with E-state index in [1.54, 1.807) is 11.3 Å². The minimum absolute atomic E-state index is 0.0624. The fourth-order valence-corrected chi connectivity index (χ4v) is 5.98. The van der Waals surface area contributed by atoms with E-state index in [1.165, 1.54) is 23.4 Å². The van der Waals surface area contributed by atoms with Crippen LogP contribution in [0.4, 0.5) is 5.13 Å². The van der Waals surface area contributed by atoms with Gasteiger partial charge in [-0.05, 0) is 32.1 Å². The molecule has 0 N–H and O–H groups in total. The third-order valence-corrected chi connectivity index (χ3v) is 7.73. The fourth-order valence-electron chi connectivity index (χ4n) is 4.74. The number of aromatic nitrogens is 1. The molecule has 2 saturated heterocycles. The summed E-state index contributed by atoms with van der Waals surface area (Å²) in [6.45, 7) is 9.06. The third-order valence-electron chi connectivity index (χ3n) is 6.55. The molecule has 3 aliphatic rings. The number of aryl methyl sites for hydroxylation is 1. The van der Waals surface area contributed by atoms with Gasteiger partial charge in [-0.2, -0.15) is 0 Å². The van der Waals surface area contributed by atoms with Crippen molar-refractivity contribution >= 4 is 28.3 Å². The number of piperazine rings is 1. The van der Waals surface area contributed by atoms with E-state index in [-0.39, 0.29) is 17.7 Å². The highest BCUT2D eigenvalue weighted by molar-refractivity contribution is 7.15. The van der Waals surface area contributed by atoms with Gasteiger partial charge in [-0.15, -0.1) is 11.3 Å². The van der Waals surface area contributed by atoms with Gasteiger partial charge in [0, 0.05) is 56.0 Å². The molecule has 0 unspecified atom stereocenters. The molecule has 7 heteroatoms. The van der Waals surface area contributed by atoms with Crippen LogP contribution >= 0.6 is 11.3 Å². The maximum Gasteiger partial charge on any atom is 0.226 e. The number of thiazole rings is 1. The lowest BCUT2D eigenvalue weighted by Crippen LogP contribution is -2.49. The second kappa shape index (κ2) is 9.02. The lowest BCUT2D eigenvalue weighted by atomic mass is 9.90. The lowest BCUT2D eigenvalue weighted by Gasteiger charge is -2.35. The van der Waals surface area contributed by atoms with Crippen LogP contribution in [0.1, 0.15) is 56.5 Å². The molecule has 2 aliphatic heterocycles. The fraction of sp³-hybridized carbons (Fsp3) is 0.773. The van der Waals surface area contributed by atoms with Crippen molar-refractivity contribution in [2.24, 2.45) is 11.8 Å². The van der Waals surface area contributed by atoms with Crippen LogP contribution in [0.25, 0.3) is 0 Å². The molecule has 0 radical (unpaired) electrons. The molecule has 0 spiro atoms. The number of nitrogens with zero attached hydrogens (tertiary/aromatic N) is 4. The van der Waals surface area contributed by atoms with Crippen molar-refractivity contribution in [2.75, 3.05) is 44.2 Å². The zero-order valence-corrected chi connectivity index (χ0v) is 18.7. The molecule has 4 rings (SSSR count). The van der Waals surface area contributed by atoms with Gasteiger partial charge in [-0.1, -0.05) is 26.7 Å². The summed E-state index contributed by atoms with van der Waals surface area (Å²) in [5.41, 5.74) is 1.20. The Kier molecular flexibility index (Phi) is 6.42. The highest BCUT2D eigenvalue weighted by Gasteiger charge is 2.32. The summed E-state index contributed by atoms with van der Waals surface area (Å²) in [5.74, 6) is 0.813. The number of carbonyl (C=O) groups is 2. The van der Waals surface area contributed by atoms with Gasteiger partial charge in [-0.3, -0.25) is 9.59 Å². The zero-order chi connectivity index (χ0) is 20.4. The number of anilines is 1. The van der Waals surface area contributed by atoms with E-state index in [0.29, 0.717) is 5.91 Å². The zero-order valence-electron chi connectivity index (χ0n) is 17.9. The quantitative estimate of drug-likeness (QED) is 0.757. The molecule has 1 aliphatic carbocycles. The number of hydrogen-bond donors (Lipinski definition) is 0. The summed E-state index contributed by atoms with van der Waals surface area (Å²) in [6.07, 6.45) is 7.53. The van der Waals surface area contributed by atoms with Crippen LogP contribution < -0.4 is 4.90 Å². The van der Waals surface area contributed by atoms with E-state index in [9.17, 15) is 9.59 Å². The van der Waals surface area contributed by atoms with Crippen LogP contribution in [0.15, 0.2) is 0 Å². The number of likely N-dealkylation sites (tertiary alicyclic amines) is 1. The van der Waals surface area contributed by atoms with E-state index in [4.69, 9.17) is 4.98 Å². The Morgan fingerprint density at radius 2 is 1.66 bits per heavy atom. The molecule has 1 aromatic heterocycles. The van der Waals surface area contributed by atoms with E-state index in [0.717, 1.165) is 76.5 Å². The smallest absolute Gasteiger partial charge is 0.226 e. The van der Waals surface area contributed by atoms with Crippen molar-refractivity contribution in [3.05, 3.63) is 10.6 Å². The Labute approximate surface area is 178 Å². The SMILES string of the molecule is CC(C)C(=O)N1CCN(c2nc3c(s2)C[C@@H](C(=O)N2CCCCCC2)CC3)CC1. The first kappa shape index (κ1) is 20.6. The van der Waals surface area contributed by atoms with Crippen molar-refractivity contribution in [3.8, 4) is 0 Å². The normalized spacial score (nSPS) is 23.1. The third kappa shape index (κ3) is 4.60. The maximum absolute atomic E-state index is 13.0. The second-order valence-corrected chi connectivity index (χ2v) is 10.1. The number of rotatable bonds is 3. The van der Waals surface area contributed by atoms with E-state index < -0.39 is 0 Å². The predicted octanol–water partition coefficient (Wildman–Crippen LogP) is 2.96. The van der Waals surface area contributed by atoms with Crippen LogP contribution in [-0.2, 0) is 22.4 Å². The van der Waals surface area contributed by atoms with Crippen LogP contribution in [0.5, 0.6) is 0 Å². The van der Waals surface area contributed by atoms with Crippen molar-refractivity contribution in [3.63, 3.8) is 0 Å². The van der Waals surface area contributed by atoms with Gasteiger partial charge in [0.05, 0.1) is 5.69 Å². The minimum atomic E-state index is 0.0624. The van der Waals surface area contributed by atoms with Crippen LogP contribution in [0.2, 0.25) is 0 Å². The lowest BCUT2D eigenvalue weighted by molar-refractivity contribution is -0.136. The van der Waals surface area contributed by atoms with Crippen molar-refractivity contribution in [1.29, 1.82) is 0 Å². The van der Waals surface area contributed by atoms with E-state index in [1.807, 2.05) is 18.7 Å². The summed E-state index contributed by atoms with van der Waals surface area (Å²) in [7, 11) is 0. The topological polar surface area (TPSA) is 56.8 Å². The summed E-state index contributed by atoms with van der Waals surface area (Å²) in [5, 5.41) is 1.08. The molecule has 0 aromatic carbocycles. The van der Waals surface area contributed by atoms with Gasteiger partial charge in [0.15, 0.2) is 5.13 Å². The Bertz CT molecular complexity index is 731. The van der Waals surface area contributed by atoms with Crippen molar-refractivity contribution < 1.29 is 9.59 Å². The predicted molar refractivity (Wildman–Crippen MR) is 116 cm³/mol. The molecule has 6 nitrogen and oxygen atoms in total. The minimum Gasteiger partial charge on any atom is -0.345 e. The molecular weight excluding hydrogens is 384 g/mol. The van der Waals surface area contributed by atoms with Gasteiger partial charge >= 0.3 is 0 Å². The first-order valence-corrected chi connectivity index (χ1v) is 12.2. The standard InChI is InChI=1S/C22H34N4O2S/c1-16(2)20(27)25-11-13-26(14-12-25)22-23-18-8-7-17(15-19(18)29-22)21(28)24-9-5-3-4-6-10-24/h16-17H,3-15H2,1-2H3/t17-/m0/s1. The van der Waals surface area contributed by atoms with E-state index >= 15 is 0 Å². The number of hydrogen-bond acceptors (Lipinski definition) is 5. The number of amides is 2. The highest BCUT2D eigenvalue weighted by Crippen LogP contribution is 2.35. The average molecular weight is 419 g/mol. The Balaban J connectivity index is 1.36. The van der Waals surface area contributed by atoms with Crippen LogP contribution in [0.3, 0.4) is 0 Å². The molecule has 3 heterocycles. The van der Waals surface area contributed by atoms with Gasteiger partial charge in [-0.25, -0.2) is 4.98 Å². The Morgan fingerprint density at radius 1 is 0.966 bits per heavy atom. The van der Waals surface area contributed by atoms with Crippen LogP contribution in [0, 0.1) is 11.8 Å². The molecular formula is C22H34N4O2S. The number of fused-ring (bicyclic) bond motifs is 1. The monoisotopic (exact) mass is 418 g/mol. The van der Waals surface area contributed by atoms with Gasteiger partial charge in [0.2, 0.25) is 11.8 Å². The maximum atomic E-state index is 13.0. The molecule has 29 heavy (non-hydrogen) atoms. The molecule has 2 fully saturated rings. The van der Waals surface area contributed by atoms with Crippen LogP contribution in [-0.4, -0.2) is 65.9 Å². The molecule has 2 amide bonds. The summed E-state index contributed by atoms with van der Waals surface area (Å²) in [6, 6.07) is 0. The molecule has 1 atom stereocenters. The first-order chi connectivity index (χ1) is 14.0. The van der Waals surface area contributed by atoms with Gasteiger partial charge in [0.25, 0.3) is 0 Å². The van der Waals surface area contributed by atoms with Crippen molar-refractivity contribution in [1.82, 2.24) is 14.8 Å². The Morgan fingerprint density at radius 3 is 2.31 bits per heavy atom. The summed E-state index contributed by atoms with van der Waals surface area (Å²) < 4.78 is 0. The number of carbonyl (C=O) groups excluding carboxylic acids is 2.